The van der Waals surface area contributed by atoms with Crippen LogP contribution < -0.4 is 5.73 Å². The quantitative estimate of drug-likeness (QED) is 0.813. The lowest BCUT2D eigenvalue weighted by Crippen LogP contribution is -2.37. The number of nitrogens with zero attached hydrogens (tertiary/aromatic N) is 2. The summed E-state index contributed by atoms with van der Waals surface area (Å²) in [6.07, 6.45) is 1.83. The third-order valence-corrected chi connectivity index (χ3v) is 4.05. The SMILES string of the molecule is NCc1ccc(CN2CCS(=O)CC2)nc1. The molecule has 0 spiro atoms. The van der Waals surface area contributed by atoms with Crippen LogP contribution in [0.4, 0.5) is 0 Å². The largest absolute Gasteiger partial charge is 0.326 e. The molecule has 0 atom stereocenters. The van der Waals surface area contributed by atoms with E-state index in [0.717, 1.165) is 42.4 Å². The first-order valence-electron chi connectivity index (χ1n) is 5.49. The summed E-state index contributed by atoms with van der Waals surface area (Å²) < 4.78 is 11.2. The molecule has 0 aliphatic carbocycles. The van der Waals surface area contributed by atoms with Crippen molar-refractivity contribution >= 4 is 10.8 Å². The molecule has 2 heterocycles. The molecule has 1 saturated heterocycles. The van der Waals surface area contributed by atoms with Gasteiger partial charge in [0, 0.05) is 54.7 Å². The van der Waals surface area contributed by atoms with Crippen LogP contribution in [0.5, 0.6) is 0 Å². The normalized spacial score (nSPS) is 18.8. The molecule has 0 saturated carbocycles. The Labute approximate surface area is 98.3 Å². The van der Waals surface area contributed by atoms with Gasteiger partial charge in [0.1, 0.15) is 0 Å². The second-order valence-corrected chi connectivity index (χ2v) is 5.68. The summed E-state index contributed by atoms with van der Waals surface area (Å²) >= 11 is 0. The Bertz CT molecular complexity index is 356. The first-order valence-corrected chi connectivity index (χ1v) is 6.98. The van der Waals surface area contributed by atoms with Crippen LogP contribution in [0.3, 0.4) is 0 Å². The van der Waals surface area contributed by atoms with Crippen LogP contribution in [-0.4, -0.2) is 38.7 Å². The Morgan fingerprint density at radius 2 is 2.12 bits per heavy atom. The zero-order chi connectivity index (χ0) is 11.4. The van der Waals surface area contributed by atoms with Crippen LogP contribution in [0.1, 0.15) is 11.3 Å². The molecule has 16 heavy (non-hydrogen) atoms. The third-order valence-electron chi connectivity index (χ3n) is 2.78. The van der Waals surface area contributed by atoms with Crippen molar-refractivity contribution in [3.05, 3.63) is 29.6 Å². The van der Waals surface area contributed by atoms with Gasteiger partial charge < -0.3 is 5.73 Å². The lowest BCUT2D eigenvalue weighted by molar-refractivity contribution is 0.288. The minimum atomic E-state index is -0.603. The molecule has 0 unspecified atom stereocenters. The first kappa shape index (κ1) is 11.7. The molecule has 5 heteroatoms. The standard InChI is InChI=1S/C11H17N3OS/c12-7-10-1-2-11(13-8-10)9-14-3-5-16(15)6-4-14/h1-2,8H,3-7,9,12H2. The summed E-state index contributed by atoms with van der Waals surface area (Å²) in [6.45, 7) is 3.21. The number of nitrogens with two attached hydrogens (primary N) is 1. The molecule has 0 bridgehead atoms. The molecule has 1 aliphatic heterocycles. The zero-order valence-corrected chi connectivity index (χ0v) is 10.1. The number of rotatable bonds is 3. The molecular weight excluding hydrogens is 222 g/mol. The predicted octanol–water partition coefficient (Wildman–Crippen LogP) is 0.105. The van der Waals surface area contributed by atoms with E-state index in [-0.39, 0.29) is 0 Å². The highest BCUT2D eigenvalue weighted by Gasteiger charge is 2.15. The van der Waals surface area contributed by atoms with E-state index >= 15 is 0 Å². The summed E-state index contributed by atoms with van der Waals surface area (Å²) in [7, 11) is -0.603. The summed E-state index contributed by atoms with van der Waals surface area (Å²) in [6, 6.07) is 4.04. The molecule has 2 rings (SSSR count). The van der Waals surface area contributed by atoms with Gasteiger partial charge >= 0.3 is 0 Å². The van der Waals surface area contributed by atoms with Gasteiger partial charge in [-0.05, 0) is 11.6 Å². The van der Waals surface area contributed by atoms with Gasteiger partial charge in [0.15, 0.2) is 0 Å². The fraction of sp³-hybridized carbons (Fsp3) is 0.545. The van der Waals surface area contributed by atoms with E-state index in [1.54, 1.807) is 0 Å². The topological polar surface area (TPSA) is 59.2 Å². The Balaban J connectivity index is 1.90. The Morgan fingerprint density at radius 1 is 1.38 bits per heavy atom. The van der Waals surface area contributed by atoms with Crippen molar-refractivity contribution in [1.29, 1.82) is 0 Å². The molecule has 88 valence electrons. The van der Waals surface area contributed by atoms with Crippen LogP contribution in [0, 0.1) is 0 Å². The molecule has 1 aromatic rings. The van der Waals surface area contributed by atoms with Crippen molar-refractivity contribution < 1.29 is 4.21 Å². The van der Waals surface area contributed by atoms with E-state index in [2.05, 4.69) is 9.88 Å². The average molecular weight is 239 g/mol. The first-order chi connectivity index (χ1) is 7.78. The van der Waals surface area contributed by atoms with E-state index in [1.165, 1.54) is 0 Å². The van der Waals surface area contributed by atoms with Gasteiger partial charge in [-0.3, -0.25) is 14.1 Å². The molecule has 1 aliphatic rings. The Hall–Kier alpha value is -0.780. The molecule has 1 fully saturated rings. The molecule has 4 nitrogen and oxygen atoms in total. The maximum Gasteiger partial charge on any atom is 0.0544 e. The minimum absolute atomic E-state index is 0.538. The van der Waals surface area contributed by atoms with Crippen molar-refractivity contribution in [1.82, 2.24) is 9.88 Å². The summed E-state index contributed by atoms with van der Waals surface area (Å²) in [5.74, 6) is 1.59. The highest BCUT2D eigenvalue weighted by atomic mass is 32.2. The van der Waals surface area contributed by atoms with Crippen molar-refractivity contribution in [2.45, 2.75) is 13.1 Å². The van der Waals surface area contributed by atoms with Crippen LogP contribution in [0.15, 0.2) is 18.3 Å². The molecule has 0 radical (unpaired) electrons. The van der Waals surface area contributed by atoms with Crippen molar-refractivity contribution in [2.24, 2.45) is 5.73 Å². The second-order valence-electron chi connectivity index (χ2n) is 3.99. The fourth-order valence-electron chi connectivity index (χ4n) is 1.73. The highest BCUT2D eigenvalue weighted by molar-refractivity contribution is 7.85. The number of pyridine rings is 1. The molecule has 0 aromatic carbocycles. The number of hydrogen-bond acceptors (Lipinski definition) is 4. The molecular formula is C11H17N3OS. The molecule has 1 aromatic heterocycles. The van der Waals surface area contributed by atoms with Gasteiger partial charge in [-0.25, -0.2) is 0 Å². The minimum Gasteiger partial charge on any atom is -0.326 e. The molecule has 0 amide bonds. The van der Waals surface area contributed by atoms with E-state index in [1.807, 2.05) is 18.3 Å². The summed E-state index contributed by atoms with van der Waals surface area (Å²) in [4.78, 5) is 6.66. The van der Waals surface area contributed by atoms with Gasteiger partial charge in [0.05, 0.1) is 5.69 Å². The van der Waals surface area contributed by atoms with E-state index in [9.17, 15) is 4.21 Å². The number of aromatic nitrogens is 1. The highest BCUT2D eigenvalue weighted by Crippen LogP contribution is 2.06. The van der Waals surface area contributed by atoms with E-state index in [4.69, 9.17) is 5.73 Å². The maximum absolute atomic E-state index is 11.2. The van der Waals surface area contributed by atoms with E-state index in [0.29, 0.717) is 6.54 Å². The van der Waals surface area contributed by atoms with Gasteiger partial charge in [-0.15, -0.1) is 0 Å². The summed E-state index contributed by atoms with van der Waals surface area (Å²) in [5.41, 5.74) is 7.63. The Morgan fingerprint density at radius 3 is 2.69 bits per heavy atom. The lowest BCUT2D eigenvalue weighted by Gasteiger charge is -2.25. The van der Waals surface area contributed by atoms with Crippen LogP contribution >= 0.6 is 0 Å². The van der Waals surface area contributed by atoms with Crippen molar-refractivity contribution in [2.75, 3.05) is 24.6 Å². The van der Waals surface area contributed by atoms with Crippen molar-refractivity contribution in [3.63, 3.8) is 0 Å². The predicted molar refractivity (Wildman–Crippen MR) is 65.3 cm³/mol. The second kappa shape index (κ2) is 5.52. The third kappa shape index (κ3) is 3.10. The Kier molecular flexibility index (Phi) is 4.04. The van der Waals surface area contributed by atoms with E-state index < -0.39 is 10.8 Å². The lowest BCUT2D eigenvalue weighted by atomic mass is 10.2. The smallest absolute Gasteiger partial charge is 0.0544 e. The van der Waals surface area contributed by atoms with Crippen LogP contribution in [-0.2, 0) is 23.9 Å². The maximum atomic E-state index is 11.2. The van der Waals surface area contributed by atoms with Crippen molar-refractivity contribution in [3.8, 4) is 0 Å². The molecule has 2 N–H and O–H groups in total. The van der Waals surface area contributed by atoms with Gasteiger partial charge in [-0.1, -0.05) is 6.07 Å². The fourth-order valence-corrected chi connectivity index (χ4v) is 2.86. The number of hydrogen-bond donors (Lipinski definition) is 1. The zero-order valence-electron chi connectivity index (χ0n) is 9.26. The van der Waals surface area contributed by atoms with Gasteiger partial charge in [0.2, 0.25) is 0 Å². The van der Waals surface area contributed by atoms with Crippen LogP contribution in [0.2, 0.25) is 0 Å². The average Bonchev–Trinajstić information content (AvgIpc) is 2.33. The monoisotopic (exact) mass is 239 g/mol. The van der Waals surface area contributed by atoms with Gasteiger partial charge in [0.25, 0.3) is 0 Å². The van der Waals surface area contributed by atoms with Crippen LogP contribution in [0.25, 0.3) is 0 Å². The van der Waals surface area contributed by atoms with Gasteiger partial charge in [-0.2, -0.15) is 0 Å². The summed E-state index contributed by atoms with van der Waals surface area (Å²) in [5, 5.41) is 0.